The second kappa shape index (κ2) is 7.85. The first-order chi connectivity index (χ1) is 10.1. The fraction of sp³-hybridized carbons (Fsp3) is 0.750. The van der Waals surface area contributed by atoms with Gasteiger partial charge in [0.1, 0.15) is 4.90 Å². The summed E-state index contributed by atoms with van der Waals surface area (Å²) >= 11 is 0. The lowest BCUT2D eigenvalue weighted by Gasteiger charge is -2.26. The van der Waals surface area contributed by atoms with Crippen molar-refractivity contribution in [3.8, 4) is 0 Å². The predicted molar refractivity (Wildman–Crippen MR) is 78.1 cm³/mol. The van der Waals surface area contributed by atoms with Gasteiger partial charge in [-0.05, 0) is 19.5 Å². The fourth-order valence-electron chi connectivity index (χ4n) is 2.03. The Balaban J connectivity index is 1.89. The minimum Gasteiger partial charge on any atom is -0.379 e. The number of hydrogen-bond acceptors (Lipinski definition) is 6. The Morgan fingerprint density at radius 3 is 2.86 bits per heavy atom. The van der Waals surface area contributed by atoms with Gasteiger partial charge in [-0.2, -0.15) is 5.10 Å². The molecule has 0 bridgehead atoms. The van der Waals surface area contributed by atoms with Crippen LogP contribution in [-0.2, 0) is 21.3 Å². The van der Waals surface area contributed by atoms with E-state index < -0.39 is 10.0 Å². The molecule has 0 radical (unpaired) electrons. The first kappa shape index (κ1) is 16.4. The minimum absolute atomic E-state index is 0.192. The summed E-state index contributed by atoms with van der Waals surface area (Å²) in [4.78, 5) is 2.75. The first-order valence-corrected chi connectivity index (χ1v) is 8.68. The molecule has 1 aromatic heterocycles. The van der Waals surface area contributed by atoms with Gasteiger partial charge in [0, 0.05) is 25.8 Å². The average molecular weight is 317 g/mol. The van der Waals surface area contributed by atoms with Crippen LogP contribution in [0.1, 0.15) is 13.3 Å². The molecule has 1 aromatic rings. The zero-order valence-corrected chi connectivity index (χ0v) is 13.1. The van der Waals surface area contributed by atoms with E-state index in [1.807, 2.05) is 0 Å². The van der Waals surface area contributed by atoms with Crippen molar-refractivity contribution in [1.29, 1.82) is 0 Å². The first-order valence-electron chi connectivity index (χ1n) is 7.20. The van der Waals surface area contributed by atoms with E-state index in [0.717, 1.165) is 19.5 Å². The fourth-order valence-corrected chi connectivity index (χ4v) is 3.10. The van der Waals surface area contributed by atoms with Gasteiger partial charge in [-0.1, -0.05) is 6.92 Å². The number of hydrogen-bond donors (Lipinski definition) is 2. The van der Waals surface area contributed by atoms with E-state index in [4.69, 9.17) is 4.74 Å². The number of nitrogens with zero attached hydrogens (tertiary/aromatic N) is 3. The van der Waals surface area contributed by atoms with Gasteiger partial charge >= 0.3 is 0 Å². The molecule has 0 spiro atoms. The molecule has 21 heavy (non-hydrogen) atoms. The van der Waals surface area contributed by atoms with Gasteiger partial charge in [-0.3, -0.25) is 4.68 Å². The third-order valence-corrected chi connectivity index (χ3v) is 4.50. The molecule has 0 aromatic carbocycles. The Morgan fingerprint density at radius 1 is 1.38 bits per heavy atom. The summed E-state index contributed by atoms with van der Waals surface area (Å²) in [5.41, 5.74) is 0. The van der Waals surface area contributed by atoms with Crippen LogP contribution in [0.2, 0.25) is 0 Å². The zero-order valence-electron chi connectivity index (χ0n) is 12.3. The summed E-state index contributed by atoms with van der Waals surface area (Å²) in [6.45, 7) is 6.74. The Labute approximate surface area is 125 Å². The van der Waals surface area contributed by atoms with Gasteiger partial charge in [0.25, 0.3) is 10.0 Å². The van der Waals surface area contributed by atoms with Crippen molar-refractivity contribution in [2.45, 2.75) is 24.8 Å². The van der Waals surface area contributed by atoms with Crippen LogP contribution in [0.3, 0.4) is 0 Å². The minimum atomic E-state index is -3.55. The lowest BCUT2D eigenvalue weighted by atomic mass is 10.4. The molecule has 0 saturated carbocycles. The Morgan fingerprint density at radius 2 is 2.14 bits per heavy atom. The maximum absolute atomic E-state index is 12.2. The van der Waals surface area contributed by atoms with E-state index in [2.05, 4.69) is 22.2 Å². The largest absolute Gasteiger partial charge is 0.379 e. The third-order valence-electron chi connectivity index (χ3n) is 3.17. The highest BCUT2D eigenvalue weighted by Crippen LogP contribution is 2.08. The summed E-state index contributed by atoms with van der Waals surface area (Å²) in [5, 5.41) is 8.97. The molecule has 0 amide bonds. The molecule has 0 atom stereocenters. The van der Waals surface area contributed by atoms with Crippen LogP contribution >= 0.6 is 0 Å². The number of hydrazine groups is 1. The number of sulfonamides is 1. The summed E-state index contributed by atoms with van der Waals surface area (Å²) < 4.78 is 31.3. The summed E-state index contributed by atoms with van der Waals surface area (Å²) in [7, 11) is -3.55. The summed E-state index contributed by atoms with van der Waals surface area (Å²) in [6, 6.07) is 0. The Kier molecular flexibility index (Phi) is 6.12. The van der Waals surface area contributed by atoms with Crippen LogP contribution < -0.4 is 10.1 Å². The highest BCUT2D eigenvalue weighted by Gasteiger charge is 2.21. The van der Waals surface area contributed by atoms with Gasteiger partial charge < -0.3 is 10.1 Å². The van der Waals surface area contributed by atoms with Gasteiger partial charge in [0.2, 0.25) is 0 Å². The van der Waals surface area contributed by atoms with Crippen LogP contribution in [0.4, 0.5) is 0 Å². The van der Waals surface area contributed by atoms with Crippen molar-refractivity contribution < 1.29 is 13.2 Å². The smallest absolute Gasteiger partial charge is 0.256 e. The lowest BCUT2D eigenvalue weighted by molar-refractivity contribution is 0.0272. The summed E-state index contributed by atoms with van der Waals surface area (Å²) in [5.74, 6) is 0. The standard InChI is InChI=1S/C12H23N5O3S/c1-2-13-4-3-5-17-11-12(10-14-17)21(18,19)15-16-6-8-20-9-7-16/h10-11,13,15H,2-9H2,1H3. The topological polar surface area (TPSA) is 88.5 Å². The van der Waals surface area contributed by atoms with Crippen molar-refractivity contribution in [2.24, 2.45) is 0 Å². The van der Waals surface area contributed by atoms with E-state index in [-0.39, 0.29) is 4.90 Å². The molecular weight excluding hydrogens is 294 g/mol. The Bertz CT molecular complexity index is 525. The quantitative estimate of drug-likeness (QED) is 0.623. The van der Waals surface area contributed by atoms with Gasteiger partial charge in [0.15, 0.2) is 0 Å². The number of rotatable bonds is 8. The molecule has 2 N–H and O–H groups in total. The highest BCUT2D eigenvalue weighted by atomic mass is 32.2. The van der Waals surface area contributed by atoms with Crippen molar-refractivity contribution in [1.82, 2.24) is 24.9 Å². The van der Waals surface area contributed by atoms with Crippen LogP contribution in [0.25, 0.3) is 0 Å². The molecule has 1 aliphatic heterocycles. The average Bonchev–Trinajstić information content (AvgIpc) is 2.94. The van der Waals surface area contributed by atoms with Gasteiger partial charge in [-0.15, -0.1) is 4.83 Å². The van der Waals surface area contributed by atoms with Crippen LogP contribution in [0.15, 0.2) is 17.3 Å². The molecule has 9 heteroatoms. The van der Waals surface area contributed by atoms with Crippen molar-refractivity contribution in [3.63, 3.8) is 0 Å². The molecule has 8 nitrogen and oxygen atoms in total. The number of nitrogens with one attached hydrogen (secondary N) is 2. The number of aryl methyl sites for hydroxylation is 1. The van der Waals surface area contributed by atoms with E-state index in [9.17, 15) is 8.42 Å². The van der Waals surface area contributed by atoms with Crippen LogP contribution in [0, 0.1) is 0 Å². The van der Waals surface area contributed by atoms with E-state index in [1.165, 1.54) is 6.20 Å². The highest BCUT2D eigenvalue weighted by molar-refractivity contribution is 7.89. The SMILES string of the molecule is CCNCCCn1cc(S(=O)(=O)NN2CCOCC2)cn1. The molecule has 2 rings (SSSR count). The third kappa shape index (κ3) is 5.04. The van der Waals surface area contributed by atoms with Crippen molar-refractivity contribution in [2.75, 3.05) is 39.4 Å². The van der Waals surface area contributed by atoms with Gasteiger partial charge in [-0.25, -0.2) is 13.4 Å². The van der Waals surface area contributed by atoms with Gasteiger partial charge in [0.05, 0.1) is 19.4 Å². The second-order valence-corrected chi connectivity index (χ2v) is 6.50. The number of morpholine rings is 1. The lowest BCUT2D eigenvalue weighted by Crippen LogP contribution is -2.48. The van der Waals surface area contributed by atoms with Crippen LogP contribution in [0.5, 0.6) is 0 Å². The normalized spacial score (nSPS) is 17.2. The molecule has 120 valence electrons. The van der Waals surface area contributed by atoms with E-state index >= 15 is 0 Å². The van der Waals surface area contributed by atoms with E-state index in [1.54, 1.807) is 15.9 Å². The van der Waals surface area contributed by atoms with Crippen molar-refractivity contribution in [3.05, 3.63) is 12.4 Å². The molecular formula is C12H23N5O3S. The molecule has 0 aliphatic carbocycles. The second-order valence-electron chi connectivity index (χ2n) is 4.84. The Hall–Kier alpha value is -1.00. The van der Waals surface area contributed by atoms with Crippen LogP contribution in [-0.4, -0.2) is 62.6 Å². The number of aromatic nitrogens is 2. The maximum atomic E-state index is 12.2. The molecule has 1 saturated heterocycles. The predicted octanol–water partition coefficient (Wildman–Crippen LogP) is -0.592. The van der Waals surface area contributed by atoms with E-state index in [0.29, 0.717) is 32.8 Å². The molecule has 2 heterocycles. The monoisotopic (exact) mass is 317 g/mol. The van der Waals surface area contributed by atoms with Crippen molar-refractivity contribution >= 4 is 10.0 Å². The summed E-state index contributed by atoms with van der Waals surface area (Å²) in [6.07, 6.45) is 3.86. The zero-order chi connectivity index (χ0) is 15.1. The number of ether oxygens (including phenoxy) is 1. The molecule has 1 fully saturated rings. The molecule has 0 unspecified atom stereocenters. The maximum Gasteiger partial charge on any atom is 0.256 e. The molecule has 1 aliphatic rings.